The Morgan fingerprint density at radius 1 is 1.00 bits per heavy atom. The van der Waals surface area contributed by atoms with Gasteiger partial charge in [0.15, 0.2) is 11.5 Å². The van der Waals surface area contributed by atoms with Crippen LogP contribution in [0.1, 0.15) is 0 Å². The Morgan fingerprint density at radius 3 is 2.70 bits per heavy atom. The van der Waals surface area contributed by atoms with Crippen molar-refractivity contribution in [1.29, 1.82) is 0 Å². The molecule has 5 rings (SSSR count). The Labute approximate surface area is 156 Å². The first kappa shape index (κ1) is 15.7. The molecular formula is C20H18N4O3. The van der Waals surface area contributed by atoms with Crippen LogP contribution in [0.5, 0.6) is 11.5 Å². The number of nitrogens with zero attached hydrogens (tertiary/aromatic N) is 3. The predicted octanol–water partition coefficient (Wildman–Crippen LogP) is 2.84. The fraction of sp³-hybridized carbons (Fsp3) is 0.200. The van der Waals surface area contributed by atoms with Crippen molar-refractivity contribution in [3.63, 3.8) is 0 Å². The summed E-state index contributed by atoms with van der Waals surface area (Å²) in [5.74, 6) is 2.29. The van der Waals surface area contributed by atoms with Crippen LogP contribution in [0.25, 0.3) is 17.1 Å². The Balaban J connectivity index is 1.53. The van der Waals surface area contributed by atoms with Gasteiger partial charge >= 0.3 is 6.03 Å². The Kier molecular flexibility index (Phi) is 3.71. The van der Waals surface area contributed by atoms with Gasteiger partial charge < -0.3 is 14.8 Å². The molecule has 2 amide bonds. The highest BCUT2D eigenvalue weighted by atomic mass is 16.6. The number of nitrogens with one attached hydrogen (secondary N) is 1. The molecule has 3 heterocycles. The number of anilines is 1. The third-order valence-electron chi connectivity index (χ3n) is 4.72. The predicted molar refractivity (Wildman–Crippen MR) is 101 cm³/mol. The summed E-state index contributed by atoms with van der Waals surface area (Å²) in [5.41, 5.74) is 2.74. The van der Waals surface area contributed by atoms with Crippen LogP contribution in [-0.4, -0.2) is 41.9 Å². The van der Waals surface area contributed by atoms with E-state index in [4.69, 9.17) is 9.47 Å². The molecule has 2 aromatic carbocycles. The van der Waals surface area contributed by atoms with Crippen molar-refractivity contribution in [3.8, 4) is 28.6 Å². The summed E-state index contributed by atoms with van der Waals surface area (Å²) in [6.07, 6.45) is 3.68. The van der Waals surface area contributed by atoms with E-state index in [1.807, 2.05) is 53.2 Å². The van der Waals surface area contributed by atoms with Crippen LogP contribution in [0.2, 0.25) is 0 Å². The molecule has 7 heteroatoms. The van der Waals surface area contributed by atoms with Crippen LogP contribution in [0.4, 0.5) is 10.5 Å². The number of hydrogen-bond donors (Lipinski definition) is 1. The van der Waals surface area contributed by atoms with Gasteiger partial charge in [-0.1, -0.05) is 6.07 Å². The molecule has 2 aliphatic heterocycles. The summed E-state index contributed by atoms with van der Waals surface area (Å²) in [6, 6.07) is 13.7. The van der Waals surface area contributed by atoms with E-state index in [9.17, 15) is 4.79 Å². The molecule has 0 radical (unpaired) electrons. The number of benzene rings is 2. The fourth-order valence-electron chi connectivity index (χ4n) is 3.44. The highest BCUT2D eigenvalue weighted by Gasteiger charge is 2.21. The molecule has 7 nitrogen and oxygen atoms in total. The SMILES string of the molecule is O=C1NCCN1c1cccc(-n2ccnc2-c2ccc3c(c2)OCCO3)c1. The average molecular weight is 362 g/mol. The zero-order valence-corrected chi connectivity index (χ0v) is 14.6. The zero-order valence-electron chi connectivity index (χ0n) is 14.6. The smallest absolute Gasteiger partial charge is 0.321 e. The Bertz CT molecular complexity index is 1010. The molecule has 3 aromatic rings. The van der Waals surface area contributed by atoms with Crippen molar-refractivity contribution in [3.05, 3.63) is 54.9 Å². The minimum atomic E-state index is -0.0650. The van der Waals surface area contributed by atoms with Gasteiger partial charge in [0.05, 0.1) is 0 Å². The van der Waals surface area contributed by atoms with Gasteiger partial charge in [0.2, 0.25) is 0 Å². The molecule has 1 fully saturated rings. The van der Waals surface area contributed by atoms with Crippen LogP contribution < -0.4 is 19.7 Å². The lowest BCUT2D eigenvalue weighted by atomic mass is 10.1. The number of rotatable bonds is 3. The first-order chi connectivity index (χ1) is 13.3. The number of carbonyl (C=O) groups is 1. The summed E-state index contributed by atoms with van der Waals surface area (Å²) in [6.45, 7) is 2.44. The van der Waals surface area contributed by atoms with Crippen LogP contribution in [0, 0.1) is 0 Å². The van der Waals surface area contributed by atoms with Gasteiger partial charge in [-0.05, 0) is 36.4 Å². The van der Waals surface area contributed by atoms with Gasteiger partial charge in [-0.25, -0.2) is 9.78 Å². The largest absolute Gasteiger partial charge is 0.486 e. The van der Waals surface area contributed by atoms with E-state index in [1.165, 1.54) is 0 Å². The molecule has 0 spiro atoms. The summed E-state index contributed by atoms with van der Waals surface area (Å²) >= 11 is 0. The van der Waals surface area contributed by atoms with Crippen LogP contribution in [0.3, 0.4) is 0 Å². The van der Waals surface area contributed by atoms with Gasteiger partial charge in [-0.2, -0.15) is 0 Å². The second-order valence-electron chi connectivity index (χ2n) is 6.38. The molecular weight excluding hydrogens is 344 g/mol. The van der Waals surface area contributed by atoms with E-state index in [-0.39, 0.29) is 6.03 Å². The van der Waals surface area contributed by atoms with E-state index in [1.54, 1.807) is 11.1 Å². The maximum absolute atomic E-state index is 12.0. The molecule has 0 bridgehead atoms. The van der Waals surface area contributed by atoms with E-state index in [2.05, 4.69) is 10.3 Å². The third kappa shape index (κ3) is 2.77. The Morgan fingerprint density at radius 2 is 1.85 bits per heavy atom. The number of carbonyl (C=O) groups excluding carboxylic acids is 1. The minimum absolute atomic E-state index is 0.0650. The standard InChI is InChI=1S/C20H18N4O3/c25-20-22-7-9-24(20)16-3-1-2-15(13-16)23-8-6-21-19(23)14-4-5-17-18(12-14)27-11-10-26-17/h1-6,8,12-13H,7,9-11H2,(H,22,25). The van der Waals surface area contributed by atoms with Gasteiger partial charge in [0.1, 0.15) is 19.0 Å². The van der Waals surface area contributed by atoms with Crippen molar-refractivity contribution >= 4 is 11.7 Å². The highest BCUT2D eigenvalue weighted by molar-refractivity contribution is 5.94. The molecule has 0 unspecified atom stereocenters. The van der Waals surface area contributed by atoms with Crippen molar-refractivity contribution in [2.75, 3.05) is 31.2 Å². The fourth-order valence-corrected chi connectivity index (χ4v) is 3.44. The topological polar surface area (TPSA) is 68.6 Å². The molecule has 0 aliphatic carbocycles. The van der Waals surface area contributed by atoms with Gasteiger partial charge in [-0.15, -0.1) is 0 Å². The van der Waals surface area contributed by atoms with Gasteiger partial charge in [-0.3, -0.25) is 9.47 Å². The molecule has 2 aliphatic rings. The summed E-state index contributed by atoms with van der Waals surface area (Å²) in [5, 5.41) is 2.83. The molecule has 1 N–H and O–H groups in total. The van der Waals surface area contributed by atoms with Crippen molar-refractivity contribution in [2.24, 2.45) is 0 Å². The lowest BCUT2D eigenvalue weighted by Crippen LogP contribution is -2.27. The van der Waals surface area contributed by atoms with Crippen LogP contribution in [-0.2, 0) is 0 Å². The quantitative estimate of drug-likeness (QED) is 0.778. The van der Waals surface area contributed by atoms with Crippen molar-refractivity contribution < 1.29 is 14.3 Å². The van der Waals surface area contributed by atoms with Crippen molar-refractivity contribution in [2.45, 2.75) is 0 Å². The monoisotopic (exact) mass is 362 g/mol. The molecule has 1 aromatic heterocycles. The zero-order chi connectivity index (χ0) is 18.2. The molecule has 136 valence electrons. The maximum Gasteiger partial charge on any atom is 0.321 e. The normalized spacial score (nSPS) is 15.7. The second-order valence-corrected chi connectivity index (χ2v) is 6.38. The number of urea groups is 1. The number of amides is 2. The third-order valence-corrected chi connectivity index (χ3v) is 4.72. The molecule has 0 atom stereocenters. The summed E-state index contributed by atoms with van der Waals surface area (Å²) < 4.78 is 13.3. The van der Waals surface area contributed by atoms with E-state index >= 15 is 0 Å². The van der Waals surface area contributed by atoms with Gasteiger partial charge in [0, 0.05) is 42.4 Å². The summed E-state index contributed by atoms with van der Waals surface area (Å²) in [7, 11) is 0. The van der Waals surface area contributed by atoms with Crippen molar-refractivity contribution in [1.82, 2.24) is 14.9 Å². The molecule has 1 saturated heterocycles. The van der Waals surface area contributed by atoms with Gasteiger partial charge in [0.25, 0.3) is 0 Å². The first-order valence-electron chi connectivity index (χ1n) is 8.89. The number of ether oxygens (including phenoxy) is 2. The number of fused-ring (bicyclic) bond motifs is 1. The minimum Gasteiger partial charge on any atom is -0.486 e. The summed E-state index contributed by atoms with van der Waals surface area (Å²) in [4.78, 5) is 18.2. The lowest BCUT2D eigenvalue weighted by molar-refractivity contribution is 0.171. The second kappa shape index (κ2) is 6.35. The van der Waals surface area contributed by atoms with Crippen LogP contribution in [0.15, 0.2) is 54.9 Å². The first-order valence-corrected chi connectivity index (χ1v) is 8.89. The molecule has 0 saturated carbocycles. The number of hydrogen-bond acceptors (Lipinski definition) is 4. The van der Waals surface area contributed by atoms with E-state index in [0.29, 0.717) is 26.3 Å². The van der Waals surface area contributed by atoms with E-state index in [0.717, 1.165) is 34.3 Å². The maximum atomic E-state index is 12.0. The highest BCUT2D eigenvalue weighted by Crippen LogP contribution is 2.35. The Hall–Kier alpha value is -3.48. The average Bonchev–Trinajstić information content (AvgIpc) is 3.37. The lowest BCUT2D eigenvalue weighted by Gasteiger charge is -2.19. The molecule has 27 heavy (non-hydrogen) atoms. The number of aromatic nitrogens is 2. The van der Waals surface area contributed by atoms with E-state index < -0.39 is 0 Å². The number of imidazole rings is 1. The van der Waals surface area contributed by atoms with Crippen LogP contribution >= 0.6 is 0 Å².